The van der Waals surface area contributed by atoms with Gasteiger partial charge >= 0.3 is 6.09 Å². The Morgan fingerprint density at radius 3 is 2.64 bits per heavy atom. The van der Waals surface area contributed by atoms with E-state index in [0.717, 1.165) is 32.6 Å². The molecule has 122 valence electrons. The van der Waals surface area contributed by atoms with Crippen molar-refractivity contribution in [3.8, 4) is 0 Å². The van der Waals surface area contributed by atoms with Gasteiger partial charge in [-0.2, -0.15) is 0 Å². The number of ether oxygens (including phenoxy) is 1. The van der Waals surface area contributed by atoms with Gasteiger partial charge in [-0.1, -0.05) is 30.3 Å². The number of benzene rings is 1. The van der Waals surface area contributed by atoms with Gasteiger partial charge in [0.2, 0.25) is 0 Å². The summed E-state index contributed by atoms with van der Waals surface area (Å²) in [5, 5.41) is 0. The molecule has 1 aromatic rings. The average molecular weight is 304 g/mol. The van der Waals surface area contributed by atoms with Crippen LogP contribution in [0.4, 0.5) is 4.79 Å². The van der Waals surface area contributed by atoms with Gasteiger partial charge in [-0.15, -0.1) is 0 Å². The number of amides is 1. The maximum absolute atomic E-state index is 12.0. The summed E-state index contributed by atoms with van der Waals surface area (Å²) < 4.78 is 5.41. The first-order valence-electron chi connectivity index (χ1n) is 8.04. The smallest absolute Gasteiger partial charge is 0.410 e. The molecule has 1 aliphatic rings. The Hall–Kier alpha value is -1.55. The fraction of sp³-hybridized carbons (Fsp3) is 0.611. The van der Waals surface area contributed by atoms with Crippen molar-refractivity contribution in [2.24, 2.45) is 5.92 Å². The Kier molecular flexibility index (Phi) is 5.46. The summed E-state index contributed by atoms with van der Waals surface area (Å²) in [4.78, 5) is 16.2. The van der Waals surface area contributed by atoms with E-state index >= 15 is 0 Å². The fourth-order valence-corrected chi connectivity index (χ4v) is 2.85. The van der Waals surface area contributed by atoms with Crippen molar-refractivity contribution in [3.05, 3.63) is 35.9 Å². The van der Waals surface area contributed by atoms with Crippen LogP contribution in [-0.2, 0) is 11.3 Å². The molecule has 1 atom stereocenters. The zero-order chi connectivity index (χ0) is 16.2. The molecule has 1 unspecified atom stereocenters. The highest BCUT2D eigenvalue weighted by Crippen LogP contribution is 2.20. The van der Waals surface area contributed by atoms with Crippen LogP contribution in [0, 0.1) is 5.92 Å². The molecule has 0 N–H and O–H groups in total. The van der Waals surface area contributed by atoms with E-state index < -0.39 is 5.60 Å². The van der Waals surface area contributed by atoms with E-state index in [2.05, 4.69) is 29.2 Å². The van der Waals surface area contributed by atoms with E-state index in [1.807, 2.05) is 33.9 Å². The lowest BCUT2D eigenvalue weighted by molar-refractivity contribution is 0.0274. The molecule has 0 aromatic heterocycles. The molecule has 1 amide bonds. The third-order valence-electron chi connectivity index (χ3n) is 3.86. The van der Waals surface area contributed by atoms with Crippen LogP contribution in [0.1, 0.15) is 32.8 Å². The van der Waals surface area contributed by atoms with Crippen LogP contribution < -0.4 is 0 Å². The number of hydrogen-bond donors (Lipinski definition) is 0. The molecule has 22 heavy (non-hydrogen) atoms. The number of likely N-dealkylation sites (tertiary alicyclic amines) is 1. The molecule has 4 nitrogen and oxygen atoms in total. The summed E-state index contributed by atoms with van der Waals surface area (Å²) in [6.07, 6.45) is 0.911. The van der Waals surface area contributed by atoms with E-state index in [0.29, 0.717) is 5.92 Å². The molecule has 1 aromatic carbocycles. The van der Waals surface area contributed by atoms with Gasteiger partial charge in [0.15, 0.2) is 0 Å². The van der Waals surface area contributed by atoms with E-state index in [4.69, 9.17) is 4.74 Å². The summed E-state index contributed by atoms with van der Waals surface area (Å²) in [6, 6.07) is 10.5. The zero-order valence-corrected chi connectivity index (χ0v) is 14.2. The molecule has 4 heteroatoms. The van der Waals surface area contributed by atoms with Crippen LogP contribution in [0.2, 0.25) is 0 Å². The van der Waals surface area contributed by atoms with Crippen LogP contribution in [0.25, 0.3) is 0 Å². The van der Waals surface area contributed by atoms with Gasteiger partial charge in [-0.05, 0) is 45.2 Å². The third kappa shape index (κ3) is 5.34. The minimum absolute atomic E-state index is 0.228. The lowest BCUT2D eigenvalue weighted by Crippen LogP contribution is -2.37. The van der Waals surface area contributed by atoms with Gasteiger partial charge in [-0.25, -0.2) is 4.79 Å². The first-order valence-corrected chi connectivity index (χ1v) is 8.04. The summed E-state index contributed by atoms with van der Waals surface area (Å²) >= 11 is 0. The molecule has 0 spiro atoms. The van der Waals surface area contributed by atoms with E-state index in [1.165, 1.54) is 5.56 Å². The maximum atomic E-state index is 12.0. The number of carbonyl (C=O) groups excluding carboxylic acids is 1. The van der Waals surface area contributed by atoms with Gasteiger partial charge in [0, 0.05) is 26.7 Å². The third-order valence-corrected chi connectivity index (χ3v) is 3.86. The summed E-state index contributed by atoms with van der Waals surface area (Å²) in [5.74, 6) is 0.529. The van der Waals surface area contributed by atoms with Crippen molar-refractivity contribution in [3.63, 3.8) is 0 Å². The van der Waals surface area contributed by atoms with Crippen LogP contribution >= 0.6 is 0 Å². The summed E-state index contributed by atoms with van der Waals surface area (Å²) in [6.45, 7) is 9.60. The Labute approximate surface area is 134 Å². The molecule has 1 aliphatic heterocycles. The predicted molar refractivity (Wildman–Crippen MR) is 88.7 cm³/mol. The molecule has 1 fully saturated rings. The lowest BCUT2D eigenvalue weighted by atomic mass is 10.1. The standard InChI is InChI=1S/C18H28N2O2/c1-18(2,3)22-17(21)19(4)12-16-10-11-20(14-16)13-15-8-6-5-7-9-15/h5-9,16H,10-14H2,1-4H3. The van der Waals surface area contributed by atoms with Crippen molar-refractivity contribution in [1.82, 2.24) is 9.80 Å². The molecular formula is C18H28N2O2. The minimum atomic E-state index is -0.430. The van der Waals surface area contributed by atoms with Crippen LogP contribution in [0.5, 0.6) is 0 Å². The summed E-state index contributed by atoms with van der Waals surface area (Å²) in [7, 11) is 1.83. The van der Waals surface area contributed by atoms with Gasteiger partial charge in [0.25, 0.3) is 0 Å². The Morgan fingerprint density at radius 2 is 2.00 bits per heavy atom. The molecule has 1 saturated heterocycles. The van der Waals surface area contributed by atoms with E-state index in [9.17, 15) is 4.79 Å². The molecule has 2 rings (SSSR count). The normalized spacial score (nSPS) is 19.2. The van der Waals surface area contributed by atoms with E-state index in [-0.39, 0.29) is 6.09 Å². The molecule has 0 bridgehead atoms. The zero-order valence-electron chi connectivity index (χ0n) is 14.2. The second kappa shape index (κ2) is 7.14. The summed E-state index contributed by atoms with van der Waals surface area (Å²) in [5.41, 5.74) is 0.920. The Morgan fingerprint density at radius 1 is 1.32 bits per heavy atom. The van der Waals surface area contributed by atoms with Crippen molar-refractivity contribution < 1.29 is 9.53 Å². The van der Waals surface area contributed by atoms with Crippen molar-refractivity contribution >= 4 is 6.09 Å². The van der Waals surface area contributed by atoms with Crippen molar-refractivity contribution in [2.75, 3.05) is 26.7 Å². The van der Waals surface area contributed by atoms with Crippen LogP contribution in [-0.4, -0.2) is 48.2 Å². The number of hydrogen-bond acceptors (Lipinski definition) is 3. The van der Waals surface area contributed by atoms with Gasteiger partial charge in [-0.3, -0.25) is 4.90 Å². The molecule has 0 saturated carbocycles. The van der Waals surface area contributed by atoms with Crippen molar-refractivity contribution in [2.45, 2.75) is 39.3 Å². The molecular weight excluding hydrogens is 276 g/mol. The Bertz CT molecular complexity index is 482. The Balaban J connectivity index is 1.77. The highest BCUT2D eigenvalue weighted by molar-refractivity contribution is 5.67. The predicted octanol–water partition coefficient (Wildman–Crippen LogP) is 3.38. The molecule has 1 heterocycles. The largest absolute Gasteiger partial charge is 0.444 e. The van der Waals surface area contributed by atoms with E-state index in [1.54, 1.807) is 4.90 Å². The monoisotopic (exact) mass is 304 g/mol. The maximum Gasteiger partial charge on any atom is 0.410 e. The number of carbonyl (C=O) groups is 1. The van der Waals surface area contributed by atoms with Gasteiger partial charge in [0.05, 0.1) is 0 Å². The fourth-order valence-electron chi connectivity index (χ4n) is 2.85. The average Bonchev–Trinajstić information content (AvgIpc) is 2.85. The van der Waals surface area contributed by atoms with Crippen LogP contribution in [0.3, 0.4) is 0 Å². The SMILES string of the molecule is CN(CC1CCN(Cc2ccccc2)C1)C(=O)OC(C)(C)C. The molecule has 0 aliphatic carbocycles. The lowest BCUT2D eigenvalue weighted by Gasteiger charge is -2.26. The highest BCUT2D eigenvalue weighted by atomic mass is 16.6. The number of rotatable bonds is 4. The minimum Gasteiger partial charge on any atom is -0.444 e. The topological polar surface area (TPSA) is 32.8 Å². The van der Waals surface area contributed by atoms with Crippen LogP contribution in [0.15, 0.2) is 30.3 Å². The quantitative estimate of drug-likeness (QED) is 0.855. The second-order valence-corrected chi connectivity index (χ2v) is 7.24. The van der Waals surface area contributed by atoms with Gasteiger partial charge in [0.1, 0.15) is 5.60 Å². The first kappa shape index (κ1) is 16.8. The first-order chi connectivity index (χ1) is 10.3. The number of nitrogens with zero attached hydrogens (tertiary/aromatic N) is 2. The second-order valence-electron chi connectivity index (χ2n) is 7.24. The highest BCUT2D eigenvalue weighted by Gasteiger charge is 2.26. The molecule has 0 radical (unpaired) electrons. The van der Waals surface area contributed by atoms with Gasteiger partial charge < -0.3 is 9.64 Å². The van der Waals surface area contributed by atoms with Crippen molar-refractivity contribution in [1.29, 1.82) is 0 Å².